The molecule has 0 N–H and O–H groups in total. The number of aryl methyl sites for hydroxylation is 2. The molecule has 1 saturated heterocycles. The van der Waals surface area contributed by atoms with E-state index in [-0.39, 0.29) is 11.8 Å². The number of nitrogens with zero attached hydrogens (tertiary/aromatic N) is 3. The van der Waals surface area contributed by atoms with Gasteiger partial charge in [-0.25, -0.2) is 4.90 Å². The third-order valence-electron chi connectivity index (χ3n) is 5.40. The van der Waals surface area contributed by atoms with Crippen LogP contribution in [0.15, 0.2) is 41.4 Å². The summed E-state index contributed by atoms with van der Waals surface area (Å²) >= 11 is 1.50. The summed E-state index contributed by atoms with van der Waals surface area (Å²) < 4.78 is 0. The highest BCUT2D eigenvalue weighted by Gasteiger charge is 2.43. The molecule has 1 fully saturated rings. The molecular formula is C21H23N3O2S. The smallest absolute Gasteiger partial charge is 0.282 e. The van der Waals surface area contributed by atoms with Crippen LogP contribution < -0.4 is 4.90 Å². The molecule has 140 valence electrons. The first-order chi connectivity index (χ1) is 13.0. The lowest BCUT2D eigenvalue weighted by atomic mass is 10.1. The average Bonchev–Trinajstić information content (AvgIpc) is 3.25. The topological polar surface area (TPSA) is 43.9 Å². The SMILES string of the molecule is Cc1ccc(N2C(=O)C(c3cccs3)=C(N3CCN(C)CC3)C2=O)cc1C. The van der Waals surface area contributed by atoms with Crippen LogP contribution in [0.1, 0.15) is 16.0 Å². The minimum absolute atomic E-state index is 0.212. The molecule has 0 spiro atoms. The molecule has 1 aromatic carbocycles. The molecule has 0 aliphatic carbocycles. The summed E-state index contributed by atoms with van der Waals surface area (Å²) in [6.07, 6.45) is 0. The Kier molecular flexibility index (Phi) is 4.61. The van der Waals surface area contributed by atoms with Crippen molar-refractivity contribution >= 4 is 34.4 Å². The zero-order valence-corrected chi connectivity index (χ0v) is 16.7. The highest BCUT2D eigenvalue weighted by atomic mass is 32.1. The maximum Gasteiger partial charge on any atom is 0.282 e. The van der Waals surface area contributed by atoms with E-state index in [1.807, 2.05) is 49.6 Å². The van der Waals surface area contributed by atoms with Crippen LogP contribution in [0.2, 0.25) is 0 Å². The molecule has 0 atom stereocenters. The van der Waals surface area contributed by atoms with Crippen molar-refractivity contribution in [3.05, 3.63) is 57.4 Å². The quantitative estimate of drug-likeness (QED) is 0.767. The first-order valence-electron chi connectivity index (χ1n) is 9.15. The molecule has 2 aromatic rings. The maximum absolute atomic E-state index is 13.4. The summed E-state index contributed by atoms with van der Waals surface area (Å²) in [6.45, 7) is 7.29. The van der Waals surface area contributed by atoms with Crippen LogP contribution in [0.3, 0.4) is 0 Å². The number of imide groups is 1. The summed E-state index contributed by atoms with van der Waals surface area (Å²) in [6, 6.07) is 9.58. The zero-order valence-electron chi connectivity index (χ0n) is 15.9. The number of hydrogen-bond donors (Lipinski definition) is 0. The minimum Gasteiger partial charge on any atom is -0.364 e. The fourth-order valence-corrected chi connectivity index (χ4v) is 4.35. The highest BCUT2D eigenvalue weighted by molar-refractivity contribution is 7.11. The second-order valence-electron chi connectivity index (χ2n) is 7.21. The largest absolute Gasteiger partial charge is 0.364 e. The van der Waals surface area contributed by atoms with E-state index in [2.05, 4.69) is 16.8 Å². The van der Waals surface area contributed by atoms with Crippen molar-refractivity contribution in [3.63, 3.8) is 0 Å². The van der Waals surface area contributed by atoms with Crippen LogP contribution in [0.25, 0.3) is 5.57 Å². The van der Waals surface area contributed by atoms with E-state index in [9.17, 15) is 9.59 Å². The van der Waals surface area contributed by atoms with Crippen LogP contribution >= 0.6 is 11.3 Å². The van der Waals surface area contributed by atoms with Gasteiger partial charge in [0.25, 0.3) is 11.8 Å². The van der Waals surface area contributed by atoms with Gasteiger partial charge in [0.15, 0.2) is 0 Å². The Morgan fingerprint density at radius 3 is 2.30 bits per heavy atom. The second kappa shape index (κ2) is 6.94. The molecule has 2 amide bonds. The average molecular weight is 382 g/mol. The summed E-state index contributed by atoms with van der Waals surface area (Å²) in [5.41, 5.74) is 3.94. The van der Waals surface area contributed by atoms with E-state index in [0.717, 1.165) is 42.2 Å². The molecule has 0 unspecified atom stereocenters. The van der Waals surface area contributed by atoms with Crippen molar-refractivity contribution in [2.24, 2.45) is 0 Å². The predicted octanol–water partition coefficient (Wildman–Crippen LogP) is 2.90. The predicted molar refractivity (Wildman–Crippen MR) is 109 cm³/mol. The first-order valence-corrected chi connectivity index (χ1v) is 10.0. The minimum atomic E-state index is -0.223. The van der Waals surface area contributed by atoms with Gasteiger partial charge in [0.2, 0.25) is 0 Å². The summed E-state index contributed by atoms with van der Waals surface area (Å²) in [7, 11) is 2.08. The summed E-state index contributed by atoms with van der Waals surface area (Å²) in [5.74, 6) is -0.434. The van der Waals surface area contributed by atoms with E-state index in [0.29, 0.717) is 17.0 Å². The van der Waals surface area contributed by atoms with Crippen LogP contribution in [0, 0.1) is 13.8 Å². The van der Waals surface area contributed by atoms with Crippen molar-refractivity contribution < 1.29 is 9.59 Å². The molecular weight excluding hydrogens is 358 g/mol. The normalized spacial score (nSPS) is 18.8. The Balaban J connectivity index is 1.78. The van der Waals surface area contributed by atoms with Crippen LogP contribution in [-0.4, -0.2) is 54.8 Å². The van der Waals surface area contributed by atoms with Crippen molar-refractivity contribution in [1.29, 1.82) is 0 Å². The van der Waals surface area contributed by atoms with Crippen molar-refractivity contribution in [1.82, 2.24) is 9.80 Å². The molecule has 27 heavy (non-hydrogen) atoms. The molecule has 2 aliphatic heterocycles. The molecule has 4 rings (SSSR count). The van der Waals surface area contributed by atoms with Crippen LogP contribution in [0.5, 0.6) is 0 Å². The Hall–Kier alpha value is -2.44. The molecule has 5 nitrogen and oxygen atoms in total. The number of amides is 2. The van der Waals surface area contributed by atoms with Gasteiger partial charge in [-0.15, -0.1) is 11.3 Å². The number of benzene rings is 1. The van der Waals surface area contributed by atoms with E-state index < -0.39 is 0 Å². The van der Waals surface area contributed by atoms with Gasteiger partial charge in [0.1, 0.15) is 5.70 Å². The summed E-state index contributed by atoms with van der Waals surface area (Å²) in [4.78, 5) is 33.3. The van der Waals surface area contributed by atoms with E-state index >= 15 is 0 Å². The van der Waals surface area contributed by atoms with Crippen LogP contribution in [-0.2, 0) is 9.59 Å². The molecule has 0 saturated carbocycles. The van der Waals surface area contributed by atoms with Crippen LogP contribution in [0.4, 0.5) is 5.69 Å². The lowest BCUT2D eigenvalue weighted by Gasteiger charge is -2.34. The maximum atomic E-state index is 13.4. The molecule has 0 bridgehead atoms. The van der Waals surface area contributed by atoms with E-state index in [1.54, 1.807) is 0 Å². The van der Waals surface area contributed by atoms with Crippen molar-refractivity contribution in [2.75, 3.05) is 38.1 Å². The van der Waals surface area contributed by atoms with Gasteiger partial charge in [-0.2, -0.15) is 0 Å². The molecule has 6 heteroatoms. The molecule has 0 radical (unpaired) electrons. The molecule has 1 aromatic heterocycles. The Labute approximate surface area is 163 Å². The van der Waals surface area contributed by atoms with Crippen molar-refractivity contribution in [2.45, 2.75) is 13.8 Å². The molecule has 2 aliphatic rings. The number of hydrogen-bond acceptors (Lipinski definition) is 5. The lowest BCUT2D eigenvalue weighted by Crippen LogP contribution is -2.46. The summed E-state index contributed by atoms with van der Waals surface area (Å²) in [5, 5.41) is 1.94. The van der Waals surface area contributed by atoms with Gasteiger partial charge in [-0.05, 0) is 55.6 Å². The number of thiophene rings is 1. The fourth-order valence-electron chi connectivity index (χ4n) is 3.58. The standard InChI is InChI=1S/C21H23N3O2S/c1-14-6-7-16(13-15(14)2)24-20(25)18(17-5-4-12-27-17)19(21(24)26)23-10-8-22(3)9-11-23/h4-7,12-13H,8-11H2,1-3H3. The van der Waals surface area contributed by atoms with E-state index in [1.165, 1.54) is 16.2 Å². The van der Waals surface area contributed by atoms with Crippen molar-refractivity contribution in [3.8, 4) is 0 Å². The molecule has 3 heterocycles. The van der Waals surface area contributed by atoms with Gasteiger partial charge in [0, 0.05) is 31.1 Å². The Morgan fingerprint density at radius 1 is 0.926 bits per heavy atom. The fraction of sp³-hybridized carbons (Fsp3) is 0.333. The van der Waals surface area contributed by atoms with Gasteiger partial charge >= 0.3 is 0 Å². The van der Waals surface area contributed by atoms with Gasteiger partial charge < -0.3 is 9.80 Å². The van der Waals surface area contributed by atoms with Gasteiger partial charge in [-0.3, -0.25) is 9.59 Å². The number of carbonyl (C=O) groups is 2. The monoisotopic (exact) mass is 381 g/mol. The number of likely N-dealkylation sites (N-methyl/N-ethyl adjacent to an activating group) is 1. The number of rotatable bonds is 3. The second-order valence-corrected chi connectivity index (χ2v) is 8.15. The number of anilines is 1. The Morgan fingerprint density at radius 2 is 1.67 bits per heavy atom. The third kappa shape index (κ3) is 3.09. The van der Waals surface area contributed by atoms with E-state index in [4.69, 9.17) is 0 Å². The number of carbonyl (C=O) groups excluding carboxylic acids is 2. The number of piperazine rings is 1. The van der Waals surface area contributed by atoms with Gasteiger partial charge in [0.05, 0.1) is 11.3 Å². The zero-order chi connectivity index (χ0) is 19.1. The lowest BCUT2D eigenvalue weighted by molar-refractivity contribution is -0.120. The first kappa shape index (κ1) is 17.9. The highest BCUT2D eigenvalue weighted by Crippen LogP contribution is 2.37. The third-order valence-corrected chi connectivity index (χ3v) is 6.28. The van der Waals surface area contributed by atoms with Gasteiger partial charge in [-0.1, -0.05) is 12.1 Å². The Bertz CT molecular complexity index is 925.